The van der Waals surface area contributed by atoms with E-state index in [0.717, 1.165) is 13.1 Å². The van der Waals surface area contributed by atoms with Gasteiger partial charge in [-0.25, -0.2) is 0 Å². The minimum absolute atomic E-state index is 0. The number of hydrogen-bond acceptors (Lipinski definition) is 3. The predicted octanol–water partition coefficient (Wildman–Crippen LogP) is -0.875. The van der Waals surface area contributed by atoms with Crippen molar-refractivity contribution in [3.63, 3.8) is 0 Å². The number of carbonyl (C=O) groups is 1. The van der Waals surface area contributed by atoms with E-state index in [9.17, 15) is 4.79 Å². The van der Waals surface area contributed by atoms with Crippen LogP contribution in [0.2, 0.25) is 0 Å². The molecule has 2 unspecified atom stereocenters. The molecule has 1 aliphatic heterocycles. The summed E-state index contributed by atoms with van der Waals surface area (Å²) in [6, 6.07) is 0.109. The molecular formula is C7H15ClN2O2. The minimum Gasteiger partial charge on any atom is -0.396 e. The van der Waals surface area contributed by atoms with Crippen molar-refractivity contribution < 1.29 is 9.90 Å². The summed E-state index contributed by atoms with van der Waals surface area (Å²) in [5.74, 6) is 0.149. The van der Waals surface area contributed by atoms with Crippen molar-refractivity contribution in [1.82, 2.24) is 10.6 Å². The van der Waals surface area contributed by atoms with Crippen LogP contribution in [0.4, 0.5) is 0 Å². The van der Waals surface area contributed by atoms with Crippen LogP contribution in [0.3, 0.4) is 0 Å². The second-order valence-corrected chi connectivity index (χ2v) is 2.91. The largest absolute Gasteiger partial charge is 0.396 e. The van der Waals surface area contributed by atoms with Crippen molar-refractivity contribution in [2.75, 3.05) is 19.7 Å². The lowest BCUT2D eigenvalue weighted by Crippen LogP contribution is -2.40. The molecule has 0 aliphatic carbocycles. The Morgan fingerprint density at radius 3 is 2.83 bits per heavy atom. The van der Waals surface area contributed by atoms with Crippen molar-refractivity contribution >= 4 is 18.3 Å². The van der Waals surface area contributed by atoms with Crippen LogP contribution in [0.1, 0.15) is 6.92 Å². The van der Waals surface area contributed by atoms with Crippen molar-refractivity contribution in [3.05, 3.63) is 0 Å². The summed E-state index contributed by atoms with van der Waals surface area (Å²) in [6.07, 6.45) is 0. The van der Waals surface area contributed by atoms with Gasteiger partial charge in [-0.15, -0.1) is 12.4 Å². The lowest BCUT2D eigenvalue weighted by Gasteiger charge is -2.16. The van der Waals surface area contributed by atoms with Crippen molar-refractivity contribution in [2.45, 2.75) is 13.0 Å². The van der Waals surface area contributed by atoms with Gasteiger partial charge in [-0.2, -0.15) is 0 Å². The highest BCUT2D eigenvalue weighted by atomic mass is 35.5. The van der Waals surface area contributed by atoms with E-state index >= 15 is 0 Å². The van der Waals surface area contributed by atoms with Crippen LogP contribution in [-0.4, -0.2) is 36.8 Å². The number of amides is 1. The van der Waals surface area contributed by atoms with Gasteiger partial charge >= 0.3 is 0 Å². The molecule has 0 aromatic carbocycles. The second-order valence-electron chi connectivity index (χ2n) is 2.91. The highest BCUT2D eigenvalue weighted by Gasteiger charge is 2.26. The van der Waals surface area contributed by atoms with E-state index in [1.54, 1.807) is 0 Å². The van der Waals surface area contributed by atoms with E-state index in [-0.39, 0.29) is 36.9 Å². The molecular weight excluding hydrogens is 180 g/mol. The van der Waals surface area contributed by atoms with E-state index < -0.39 is 0 Å². The Hall–Kier alpha value is -0.320. The third-order valence-electron chi connectivity index (χ3n) is 1.96. The number of carbonyl (C=O) groups excluding carboxylic acids is 1. The molecule has 5 heteroatoms. The Balaban J connectivity index is 0.00000121. The molecule has 1 heterocycles. The first-order valence-corrected chi connectivity index (χ1v) is 3.82. The molecule has 12 heavy (non-hydrogen) atoms. The van der Waals surface area contributed by atoms with E-state index in [2.05, 4.69) is 10.6 Å². The second kappa shape index (κ2) is 5.35. The Morgan fingerprint density at radius 2 is 2.33 bits per heavy atom. The molecule has 1 aliphatic rings. The van der Waals surface area contributed by atoms with Gasteiger partial charge in [0.1, 0.15) is 0 Å². The molecule has 4 nitrogen and oxygen atoms in total. The fourth-order valence-corrected chi connectivity index (χ4v) is 1.35. The summed E-state index contributed by atoms with van der Waals surface area (Å²) < 4.78 is 0. The number of aliphatic hydroxyl groups is 1. The zero-order valence-electron chi connectivity index (χ0n) is 7.04. The summed E-state index contributed by atoms with van der Waals surface area (Å²) >= 11 is 0. The quantitative estimate of drug-likeness (QED) is 0.536. The average molecular weight is 195 g/mol. The number of aliphatic hydroxyl groups excluding tert-OH is 1. The zero-order valence-corrected chi connectivity index (χ0v) is 7.86. The molecule has 0 radical (unpaired) electrons. The first-order valence-electron chi connectivity index (χ1n) is 3.82. The fourth-order valence-electron chi connectivity index (χ4n) is 1.35. The maximum Gasteiger partial charge on any atom is 0.217 e. The summed E-state index contributed by atoms with van der Waals surface area (Å²) in [7, 11) is 0. The molecule has 1 rings (SSSR count). The minimum atomic E-state index is -0.0304. The predicted molar refractivity (Wildman–Crippen MR) is 48.3 cm³/mol. The molecule has 0 spiro atoms. The SMILES string of the molecule is CC(=O)NC1CNCC1CO.Cl. The van der Waals surface area contributed by atoms with Gasteiger partial charge in [0.25, 0.3) is 0 Å². The smallest absolute Gasteiger partial charge is 0.217 e. The van der Waals surface area contributed by atoms with E-state index in [1.165, 1.54) is 6.92 Å². The zero-order chi connectivity index (χ0) is 8.27. The van der Waals surface area contributed by atoms with Gasteiger partial charge in [-0.05, 0) is 0 Å². The van der Waals surface area contributed by atoms with Crippen molar-refractivity contribution in [2.24, 2.45) is 5.92 Å². The Kier molecular flexibility index (Phi) is 5.20. The standard InChI is InChI=1S/C7H14N2O2.ClH/c1-5(11)9-7-3-8-2-6(7)4-10;/h6-8,10H,2-4H2,1H3,(H,9,11);1H. The summed E-state index contributed by atoms with van der Waals surface area (Å²) in [5, 5.41) is 14.7. The van der Waals surface area contributed by atoms with Crippen LogP contribution < -0.4 is 10.6 Å². The molecule has 1 fully saturated rings. The van der Waals surface area contributed by atoms with Gasteiger partial charge in [0.05, 0.1) is 0 Å². The molecule has 2 atom stereocenters. The number of hydrogen-bond donors (Lipinski definition) is 3. The van der Waals surface area contributed by atoms with Gasteiger partial charge in [-0.3, -0.25) is 4.79 Å². The van der Waals surface area contributed by atoms with E-state index in [4.69, 9.17) is 5.11 Å². The lowest BCUT2D eigenvalue weighted by atomic mass is 10.1. The Labute approximate surface area is 78.1 Å². The molecule has 3 N–H and O–H groups in total. The van der Waals surface area contributed by atoms with Crippen LogP contribution in [0.15, 0.2) is 0 Å². The first kappa shape index (κ1) is 11.7. The topological polar surface area (TPSA) is 61.4 Å². The molecule has 1 saturated heterocycles. The van der Waals surface area contributed by atoms with Crippen molar-refractivity contribution in [3.8, 4) is 0 Å². The van der Waals surface area contributed by atoms with Gasteiger partial charge in [-0.1, -0.05) is 0 Å². The first-order chi connectivity index (χ1) is 5.24. The Morgan fingerprint density at radius 1 is 1.67 bits per heavy atom. The number of halogens is 1. The molecule has 0 aromatic heterocycles. The maximum atomic E-state index is 10.6. The molecule has 0 saturated carbocycles. The third kappa shape index (κ3) is 2.97. The third-order valence-corrected chi connectivity index (χ3v) is 1.96. The highest BCUT2D eigenvalue weighted by molar-refractivity contribution is 5.85. The van der Waals surface area contributed by atoms with Crippen LogP contribution >= 0.6 is 12.4 Å². The summed E-state index contributed by atoms with van der Waals surface area (Å²) in [5.41, 5.74) is 0. The maximum absolute atomic E-state index is 10.6. The molecule has 0 bridgehead atoms. The number of rotatable bonds is 2. The van der Waals surface area contributed by atoms with Crippen LogP contribution in [0.25, 0.3) is 0 Å². The molecule has 1 amide bonds. The van der Waals surface area contributed by atoms with Gasteiger partial charge in [0.2, 0.25) is 5.91 Å². The molecule has 72 valence electrons. The Bertz CT molecular complexity index is 154. The highest BCUT2D eigenvalue weighted by Crippen LogP contribution is 2.07. The normalized spacial score (nSPS) is 27.8. The van der Waals surface area contributed by atoms with E-state index in [1.807, 2.05) is 0 Å². The van der Waals surface area contributed by atoms with Crippen molar-refractivity contribution in [1.29, 1.82) is 0 Å². The van der Waals surface area contributed by atoms with Crippen LogP contribution in [-0.2, 0) is 4.79 Å². The summed E-state index contributed by atoms with van der Waals surface area (Å²) in [4.78, 5) is 10.6. The summed E-state index contributed by atoms with van der Waals surface area (Å²) in [6.45, 7) is 3.19. The van der Waals surface area contributed by atoms with Gasteiger partial charge in [0.15, 0.2) is 0 Å². The van der Waals surface area contributed by atoms with Gasteiger partial charge < -0.3 is 15.7 Å². The van der Waals surface area contributed by atoms with E-state index in [0.29, 0.717) is 0 Å². The van der Waals surface area contributed by atoms with Crippen LogP contribution in [0, 0.1) is 5.92 Å². The monoisotopic (exact) mass is 194 g/mol. The average Bonchev–Trinajstić information content (AvgIpc) is 2.34. The number of nitrogens with one attached hydrogen (secondary N) is 2. The molecule has 0 aromatic rings. The van der Waals surface area contributed by atoms with Crippen LogP contribution in [0.5, 0.6) is 0 Å². The van der Waals surface area contributed by atoms with Gasteiger partial charge in [0, 0.05) is 38.6 Å². The fraction of sp³-hybridized carbons (Fsp3) is 0.857. The lowest BCUT2D eigenvalue weighted by molar-refractivity contribution is -0.119.